The topological polar surface area (TPSA) is 119 Å². The lowest BCUT2D eigenvalue weighted by atomic mass is 10.2. The molecule has 0 fully saturated rings. The Labute approximate surface area is 183 Å². The fourth-order valence-electron chi connectivity index (χ4n) is 1.76. The maximum atomic E-state index is 7.87. The lowest BCUT2D eigenvalue weighted by Crippen LogP contribution is -1.85. The first kappa shape index (κ1) is 27.0. The number of thiol groups is 1. The van der Waals surface area contributed by atoms with Gasteiger partial charge in [-0.3, -0.25) is 0 Å². The van der Waals surface area contributed by atoms with Gasteiger partial charge < -0.3 is 27.0 Å². The molecule has 3 rings (SSSR count). The SMILES string of the molecule is Cc1ccccc1N.Cc1ccccc1N.Cc1ccccc1N.OP(O)(=S)S. The van der Waals surface area contributed by atoms with E-state index in [4.69, 9.17) is 27.0 Å². The van der Waals surface area contributed by atoms with Gasteiger partial charge in [0.15, 0.2) is 0 Å². The van der Waals surface area contributed by atoms with Crippen LogP contribution in [0.5, 0.6) is 0 Å². The second-order valence-electron chi connectivity index (χ2n) is 6.08. The van der Waals surface area contributed by atoms with Crippen LogP contribution in [0.4, 0.5) is 17.1 Å². The predicted molar refractivity (Wildman–Crippen MR) is 134 cm³/mol. The van der Waals surface area contributed by atoms with Crippen molar-refractivity contribution in [3.63, 3.8) is 0 Å². The Balaban J connectivity index is 0.000000367. The Morgan fingerprint density at radius 1 is 0.621 bits per heavy atom. The van der Waals surface area contributed by atoms with Gasteiger partial charge in [0, 0.05) is 17.1 Å². The van der Waals surface area contributed by atoms with Crippen molar-refractivity contribution in [1.29, 1.82) is 0 Å². The van der Waals surface area contributed by atoms with Crippen LogP contribution < -0.4 is 17.2 Å². The molecule has 3 aromatic rings. The third-order valence-corrected chi connectivity index (χ3v) is 3.57. The van der Waals surface area contributed by atoms with Crippen molar-refractivity contribution in [2.45, 2.75) is 20.8 Å². The number of nitrogen functional groups attached to an aromatic ring is 3. The highest BCUT2D eigenvalue weighted by molar-refractivity contribution is 8.59. The molecule has 0 bridgehead atoms. The van der Waals surface area contributed by atoms with Crippen LogP contribution in [0, 0.1) is 20.8 Å². The largest absolute Gasteiger partial charge is 0.399 e. The molecule has 0 aliphatic rings. The zero-order valence-electron chi connectivity index (χ0n) is 16.9. The molecule has 0 atom stereocenters. The molecular weight excluding hydrogens is 421 g/mol. The molecular formula is C21H30N3O2PS2. The Hall–Kier alpha value is -2.02. The van der Waals surface area contributed by atoms with Crippen LogP contribution in [0.15, 0.2) is 72.8 Å². The molecule has 0 heterocycles. The van der Waals surface area contributed by atoms with E-state index in [1.807, 2.05) is 93.6 Å². The van der Waals surface area contributed by atoms with Crippen LogP contribution in [0.25, 0.3) is 0 Å². The predicted octanol–water partition coefficient (Wildman–Crippen LogP) is 4.86. The Morgan fingerprint density at radius 2 is 0.793 bits per heavy atom. The molecule has 3 aromatic carbocycles. The molecule has 0 spiro atoms. The number of benzene rings is 3. The second-order valence-corrected chi connectivity index (χ2v) is 11.1. The van der Waals surface area contributed by atoms with Crippen LogP contribution >= 0.6 is 17.9 Å². The van der Waals surface area contributed by atoms with Gasteiger partial charge in [-0.05, 0) is 67.5 Å². The summed E-state index contributed by atoms with van der Waals surface area (Å²) >= 11 is 7.07. The molecule has 0 unspecified atom stereocenters. The molecule has 29 heavy (non-hydrogen) atoms. The molecule has 158 valence electrons. The van der Waals surface area contributed by atoms with Crippen LogP contribution in [0.2, 0.25) is 0 Å². The summed E-state index contributed by atoms with van der Waals surface area (Å²) in [6.07, 6.45) is 0. The monoisotopic (exact) mass is 451 g/mol. The number of hydrogen-bond donors (Lipinski definition) is 6. The first-order chi connectivity index (χ1) is 13.4. The van der Waals surface area contributed by atoms with E-state index in [0.29, 0.717) is 0 Å². The molecule has 0 aliphatic carbocycles. The van der Waals surface area contributed by atoms with Gasteiger partial charge in [-0.15, -0.1) is 0 Å². The van der Waals surface area contributed by atoms with Gasteiger partial charge in [0.2, 0.25) is 5.69 Å². The van der Waals surface area contributed by atoms with E-state index in [2.05, 4.69) is 24.1 Å². The summed E-state index contributed by atoms with van der Waals surface area (Å²) in [5.41, 5.74) is 19.5. The maximum absolute atomic E-state index is 7.87. The van der Waals surface area contributed by atoms with Gasteiger partial charge in [-0.2, -0.15) is 0 Å². The van der Waals surface area contributed by atoms with Crippen molar-refractivity contribution in [3.05, 3.63) is 89.5 Å². The summed E-state index contributed by atoms with van der Waals surface area (Å²) in [4.78, 5) is 15.7. The maximum Gasteiger partial charge on any atom is 0.239 e. The third kappa shape index (κ3) is 15.6. The summed E-state index contributed by atoms with van der Waals surface area (Å²) in [6, 6.07) is 23.4. The van der Waals surface area contributed by atoms with E-state index < -0.39 is 5.69 Å². The lowest BCUT2D eigenvalue weighted by Gasteiger charge is -1.93. The van der Waals surface area contributed by atoms with Gasteiger partial charge >= 0.3 is 0 Å². The normalized spacial score (nSPS) is 9.59. The second kappa shape index (κ2) is 14.0. The van der Waals surface area contributed by atoms with Crippen LogP contribution in [0.3, 0.4) is 0 Å². The first-order valence-electron chi connectivity index (χ1n) is 8.63. The van der Waals surface area contributed by atoms with Crippen LogP contribution in [0.1, 0.15) is 16.7 Å². The van der Waals surface area contributed by atoms with Gasteiger partial charge in [0.1, 0.15) is 0 Å². The fraction of sp³-hybridized carbons (Fsp3) is 0.143. The average Bonchev–Trinajstić information content (AvgIpc) is 2.62. The summed E-state index contributed by atoms with van der Waals surface area (Å²) in [6.45, 7) is 5.99. The van der Waals surface area contributed by atoms with Crippen molar-refractivity contribution >= 4 is 46.8 Å². The molecule has 0 radical (unpaired) electrons. The van der Waals surface area contributed by atoms with Crippen molar-refractivity contribution in [2.75, 3.05) is 17.2 Å². The summed E-state index contributed by atoms with van der Waals surface area (Å²) < 4.78 is 0. The van der Waals surface area contributed by atoms with Gasteiger partial charge in [-0.1, -0.05) is 66.8 Å². The van der Waals surface area contributed by atoms with Crippen molar-refractivity contribution in [1.82, 2.24) is 0 Å². The summed E-state index contributed by atoms with van der Waals surface area (Å²) in [7, 11) is 0. The zero-order valence-corrected chi connectivity index (χ0v) is 19.5. The Morgan fingerprint density at radius 3 is 0.897 bits per heavy atom. The number of hydrogen-bond acceptors (Lipinski definition) is 4. The lowest BCUT2D eigenvalue weighted by molar-refractivity contribution is 0.503. The highest BCUT2D eigenvalue weighted by atomic mass is 32.9. The quantitative estimate of drug-likeness (QED) is 0.165. The Bertz CT molecular complexity index is 743. The van der Waals surface area contributed by atoms with Crippen LogP contribution in [-0.2, 0) is 11.8 Å². The van der Waals surface area contributed by atoms with E-state index in [1.165, 1.54) is 0 Å². The molecule has 0 saturated heterocycles. The molecule has 5 nitrogen and oxygen atoms in total. The number of anilines is 3. The fourth-order valence-corrected chi connectivity index (χ4v) is 1.76. The molecule has 0 saturated carbocycles. The first-order valence-corrected chi connectivity index (χ1v) is 12.5. The summed E-state index contributed by atoms with van der Waals surface area (Å²) in [5, 5.41) is 0. The van der Waals surface area contributed by atoms with E-state index in [-0.39, 0.29) is 0 Å². The van der Waals surface area contributed by atoms with Gasteiger partial charge in [0.05, 0.1) is 0 Å². The number of rotatable bonds is 0. The van der Waals surface area contributed by atoms with Gasteiger partial charge in [0.25, 0.3) is 0 Å². The molecule has 0 amide bonds. The van der Waals surface area contributed by atoms with E-state index >= 15 is 0 Å². The molecule has 0 aromatic heterocycles. The van der Waals surface area contributed by atoms with E-state index in [9.17, 15) is 0 Å². The van der Waals surface area contributed by atoms with Crippen LogP contribution in [-0.4, -0.2) is 9.79 Å². The molecule has 8 heteroatoms. The van der Waals surface area contributed by atoms with E-state index in [0.717, 1.165) is 33.8 Å². The van der Waals surface area contributed by atoms with Crippen molar-refractivity contribution in [3.8, 4) is 0 Å². The van der Waals surface area contributed by atoms with Crippen molar-refractivity contribution in [2.24, 2.45) is 0 Å². The highest BCUT2D eigenvalue weighted by Crippen LogP contribution is 2.39. The van der Waals surface area contributed by atoms with Crippen molar-refractivity contribution < 1.29 is 9.79 Å². The smallest absolute Gasteiger partial charge is 0.239 e. The van der Waals surface area contributed by atoms with E-state index in [1.54, 1.807) is 0 Å². The average molecular weight is 452 g/mol. The third-order valence-electron chi connectivity index (χ3n) is 3.57. The minimum atomic E-state index is -3.11. The molecule has 0 aliphatic heterocycles. The highest BCUT2D eigenvalue weighted by Gasteiger charge is 1.90. The minimum absolute atomic E-state index is 0.868. The number of nitrogens with two attached hydrogens (primary N) is 3. The molecule has 8 N–H and O–H groups in total. The van der Waals surface area contributed by atoms with Gasteiger partial charge in [-0.25, -0.2) is 0 Å². The minimum Gasteiger partial charge on any atom is -0.399 e. The Kier molecular flexibility index (Phi) is 13.1. The standard InChI is InChI=1S/3C7H9N.H3O2PS2/c3*1-6-4-2-3-5-7(6)8;1-3(2,4)5/h3*2-5H,8H2,1H3;(H3,1,2,4,5). The number of para-hydroxylation sites is 3. The number of aryl methyl sites for hydroxylation is 3. The zero-order chi connectivity index (χ0) is 22.4. The summed E-state index contributed by atoms with van der Waals surface area (Å²) in [5.74, 6) is 0.